The highest BCUT2D eigenvalue weighted by Gasteiger charge is 2.32. The average Bonchev–Trinajstić information content (AvgIpc) is 2.88. The van der Waals surface area contributed by atoms with E-state index < -0.39 is 16.1 Å². The smallest absolute Gasteiger partial charge is 0.241 e. The van der Waals surface area contributed by atoms with Crippen LogP contribution in [0.4, 0.5) is 0 Å². The topological polar surface area (TPSA) is 59.3 Å². The molecule has 0 aliphatic heterocycles. The molecule has 1 aromatic carbocycles. The van der Waals surface area contributed by atoms with Gasteiger partial charge in [-0.25, -0.2) is 8.42 Å². The van der Waals surface area contributed by atoms with Crippen molar-refractivity contribution in [1.29, 1.82) is 0 Å². The van der Waals surface area contributed by atoms with Gasteiger partial charge in [-0.05, 0) is 36.6 Å². The zero-order valence-corrected chi connectivity index (χ0v) is 13.6. The van der Waals surface area contributed by atoms with E-state index in [1.165, 1.54) is 0 Å². The number of sulfonamides is 1. The van der Waals surface area contributed by atoms with Crippen LogP contribution in [0.15, 0.2) is 52.0 Å². The van der Waals surface area contributed by atoms with Crippen molar-refractivity contribution in [3.63, 3.8) is 0 Å². The van der Waals surface area contributed by atoms with Crippen molar-refractivity contribution in [1.82, 2.24) is 4.72 Å². The zero-order valence-electron chi connectivity index (χ0n) is 12.8. The van der Waals surface area contributed by atoms with Gasteiger partial charge in [-0.3, -0.25) is 0 Å². The third-order valence-corrected chi connectivity index (χ3v) is 4.74. The van der Waals surface area contributed by atoms with E-state index in [0.717, 1.165) is 5.56 Å². The highest BCUT2D eigenvalue weighted by Crippen LogP contribution is 2.34. The molecule has 1 aromatic heterocycles. The summed E-state index contributed by atoms with van der Waals surface area (Å²) in [6, 6.07) is 9.90. The van der Waals surface area contributed by atoms with Gasteiger partial charge in [0.1, 0.15) is 5.76 Å². The number of nitrogens with one attached hydrogen (secondary N) is 1. The van der Waals surface area contributed by atoms with Gasteiger partial charge < -0.3 is 4.42 Å². The maximum absolute atomic E-state index is 12.5. The van der Waals surface area contributed by atoms with E-state index in [2.05, 4.69) is 4.72 Å². The van der Waals surface area contributed by atoms with Gasteiger partial charge in [0, 0.05) is 0 Å². The maximum atomic E-state index is 12.5. The molecule has 0 aliphatic carbocycles. The Kier molecular flexibility index (Phi) is 4.25. The van der Waals surface area contributed by atoms with Crippen LogP contribution in [0.2, 0.25) is 0 Å². The third-order valence-electron chi connectivity index (χ3n) is 3.30. The Bertz CT molecular complexity index is 680. The van der Waals surface area contributed by atoms with Crippen LogP contribution in [0.1, 0.15) is 38.1 Å². The summed E-state index contributed by atoms with van der Waals surface area (Å²) in [5.74, 6) is 0.609. The Morgan fingerprint density at radius 1 is 1.10 bits per heavy atom. The summed E-state index contributed by atoms with van der Waals surface area (Å²) in [4.78, 5) is 0.258. The number of aryl methyl sites for hydroxylation is 1. The first-order valence-corrected chi connectivity index (χ1v) is 8.31. The molecule has 21 heavy (non-hydrogen) atoms. The van der Waals surface area contributed by atoms with E-state index in [9.17, 15) is 8.42 Å². The number of hydrogen-bond acceptors (Lipinski definition) is 3. The molecular formula is C16H21NO3S. The second kappa shape index (κ2) is 5.66. The first-order valence-electron chi connectivity index (χ1n) is 6.82. The minimum Gasteiger partial charge on any atom is -0.468 e. The van der Waals surface area contributed by atoms with Gasteiger partial charge in [0.15, 0.2) is 0 Å². The monoisotopic (exact) mass is 307 g/mol. The number of rotatable bonds is 4. The molecular weight excluding hydrogens is 286 g/mol. The van der Waals surface area contributed by atoms with Crippen LogP contribution in [0.25, 0.3) is 0 Å². The molecule has 0 amide bonds. The Balaban J connectivity index is 2.34. The van der Waals surface area contributed by atoms with Crippen molar-refractivity contribution in [3.05, 3.63) is 54.0 Å². The third kappa shape index (κ3) is 3.74. The molecule has 0 spiro atoms. The molecule has 1 atom stereocenters. The predicted octanol–water partition coefficient (Wildman–Crippen LogP) is 3.65. The van der Waals surface area contributed by atoms with E-state index in [4.69, 9.17) is 4.42 Å². The molecule has 1 heterocycles. The van der Waals surface area contributed by atoms with Crippen LogP contribution >= 0.6 is 0 Å². The fourth-order valence-electron chi connectivity index (χ4n) is 2.06. The molecule has 1 N–H and O–H groups in total. The van der Waals surface area contributed by atoms with Crippen molar-refractivity contribution in [3.8, 4) is 0 Å². The highest BCUT2D eigenvalue weighted by atomic mass is 32.2. The van der Waals surface area contributed by atoms with Gasteiger partial charge in [-0.15, -0.1) is 0 Å². The highest BCUT2D eigenvalue weighted by molar-refractivity contribution is 7.89. The van der Waals surface area contributed by atoms with Crippen LogP contribution in [-0.2, 0) is 10.0 Å². The normalized spacial score (nSPS) is 14.1. The molecule has 1 unspecified atom stereocenters. The first kappa shape index (κ1) is 15.8. The van der Waals surface area contributed by atoms with E-state index in [1.54, 1.807) is 42.7 Å². The molecule has 0 saturated heterocycles. The SMILES string of the molecule is Cc1ccc(S(=O)(=O)NC(c2ccco2)C(C)(C)C)cc1. The van der Waals surface area contributed by atoms with E-state index in [1.807, 2.05) is 27.7 Å². The first-order chi connectivity index (χ1) is 9.70. The minimum atomic E-state index is -3.60. The van der Waals surface area contributed by atoms with Crippen molar-refractivity contribution in [2.45, 2.75) is 38.6 Å². The van der Waals surface area contributed by atoms with Gasteiger partial charge in [0.25, 0.3) is 0 Å². The van der Waals surface area contributed by atoms with Gasteiger partial charge in [-0.1, -0.05) is 38.5 Å². The molecule has 0 aliphatic rings. The number of furan rings is 1. The lowest BCUT2D eigenvalue weighted by atomic mass is 9.86. The van der Waals surface area contributed by atoms with E-state index in [0.29, 0.717) is 5.76 Å². The number of benzene rings is 1. The van der Waals surface area contributed by atoms with Gasteiger partial charge >= 0.3 is 0 Å². The fraction of sp³-hybridized carbons (Fsp3) is 0.375. The maximum Gasteiger partial charge on any atom is 0.241 e. The lowest BCUT2D eigenvalue weighted by Crippen LogP contribution is -2.36. The lowest BCUT2D eigenvalue weighted by molar-refractivity contribution is 0.265. The second-order valence-corrected chi connectivity index (χ2v) is 7.96. The van der Waals surface area contributed by atoms with Crippen molar-refractivity contribution in [2.24, 2.45) is 5.41 Å². The van der Waals surface area contributed by atoms with Gasteiger partial charge in [0.05, 0.1) is 17.2 Å². The van der Waals surface area contributed by atoms with Crippen LogP contribution in [-0.4, -0.2) is 8.42 Å². The van der Waals surface area contributed by atoms with Crippen molar-refractivity contribution >= 4 is 10.0 Å². The summed E-state index contributed by atoms with van der Waals surface area (Å²) in [6.45, 7) is 7.83. The Morgan fingerprint density at radius 3 is 2.19 bits per heavy atom. The van der Waals surface area contributed by atoms with Crippen LogP contribution in [0, 0.1) is 12.3 Å². The molecule has 0 radical (unpaired) electrons. The Labute approximate surface area is 126 Å². The van der Waals surface area contributed by atoms with Gasteiger partial charge in [-0.2, -0.15) is 4.72 Å². The Morgan fingerprint density at radius 2 is 1.71 bits per heavy atom. The summed E-state index contributed by atoms with van der Waals surface area (Å²) < 4.78 is 33.2. The molecule has 114 valence electrons. The minimum absolute atomic E-state index is 0.258. The molecule has 5 heteroatoms. The molecule has 0 fully saturated rings. The summed E-state index contributed by atoms with van der Waals surface area (Å²) in [5, 5.41) is 0. The Hall–Kier alpha value is -1.59. The van der Waals surface area contributed by atoms with Crippen LogP contribution in [0.5, 0.6) is 0 Å². The average molecular weight is 307 g/mol. The molecule has 0 saturated carbocycles. The zero-order chi connectivity index (χ0) is 15.7. The van der Waals surface area contributed by atoms with Crippen LogP contribution in [0.3, 0.4) is 0 Å². The molecule has 0 bridgehead atoms. The predicted molar refractivity (Wildman–Crippen MR) is 82.4 cm³/mol. The van der Waals surface area contributed by atoms with E-state index >= 15 is 0 Å². The summed E-state index contributed by atoms with van der Waals surface area (Å²) in [5.41, 5.74) is 0.711. The fourth-order valence-corrected chi connectivity index (χ4v) is 3.47. The van der Waals surface area contributed by atoms with Crippen molar-refractivity contribution < 1.29 is 12.8 Å². The standard InChI is InChI=1S/C16H21NO3S/c1-12-7-9-13(10-8-12)21(18,19)17-15(16(2,3)4)14-6-5-11-20-14/h5-11,15,17H,1-4H3. The molecule has 2 aromatic rings. The largest absolute Gasteiger partial charge is 0.468 e. The molecule has 2 rings (SSSR count). The van der Waals surface area contributed by atoms with Crippen molar-refractivity contribution in [2.75, 3.05) is 0 Å². The summed E-state index contributed by atoms with van der Waals surface area (Å²) in [6.07, 6.45) is 1.55. The summed E-state index contributed by atoms with van der Waals surface area (Å²) in [7, 11) is -3.60. The summed E-state index contributed by atoms with van der Waals surface area (Å²) >= 11 is 0. The van der Waals surface area contributed by atoms with E-state index in [-0.39, 0.29) is 10.3 Å². The number of hydrogen-bond donors (Lipinski definition) is 1. The molecule has 4 nitrogen and oxygen atoms in total. The van der Waals surface area contributed by atoms with Gasteiger partial charge in [0.2, 0.25) is 10.0 Å². The van der Waals surface area contributed by atoms with Crippen LogP contribution < -0.4 is 4.72 Å². The lowest BCUT2D eigenvalue weighted by Gasteiger charge is -2.29. The quantitative estimate of drug-likeness (QED) is 0.938. The second-order valence-electron chi connectivity index (χ2n) is 6.25.